The zero-order valence-corrected chi connectivity index (χ0v) is 12.8. The highest BCUT2D eigenvalue weighted by Gasteiger charge is 2.12. The maximum atomic E-state index is 13.2. The molecule has 0 aliphatic heterocycles. The van der Waals surface area contributed by atoms with Gasteiger partial charge in [0.25, 0.3) is 0 Å². The minimum atomic E-state index is -1.03. The summed E-state index contributed by atoms with van der Waals surface area (Å²) in [6.07, 6.45) is 4.17. The van der Waals surface area contributed by atoms with Gasteiger partial charge in [-0.05, 0) is 35.9 Å². The number of carboxylic acid groups (broad SMARTS) is 1. The molecule has 0 aliphatic rings. The minimum Gasteiger partial charge on any atom is -0.478 e. The summed E-state index contributed by atoms with van der Waals surface area (Å²) in [6.45, 7) is 0.536. The zero-order valence-electron chi connectivity index (χ0n) is 12.8. The maximum Gasteiger partial charge on any atom is 0.328 e. The van der Waals surface area contributed by atoms with Crippen molar-refractivity contribution in [1.82, 2.24) is 9.78 Å². The fraction of sp³-hybridized carbons (Fsp3) is 0.0526. The fourth-order valence-electron chi connectivity index (χ4n) is 2.48. The van der Waals surface area contributed by atoms with Gasteiger partial charge in [0.2, 0.25) is 0 Å². The molecule has 0 atom stereocenters. The predicted octanol–water partition coefficient (Wildman–Crippen LogP) is 3.84. The first-order valence-corrected chi connectivity index (χ1v) is 7.40. The maximum absolute atomic E-state index is 13.2. The Morgan fingerprint density at radius 2 is 1.83 bits per heavy atom. The number of carbonyl (C=O) groups is 1. The molecule has 0 spiro atoms. The van der Waals surface area contributed by atoms with Gasteiger partial charge in [-0.3, -0.25) is 4.68 Å². The number of nitrogens with zero attached hydrogens (tertiary/aromatic N) is 2. The van der Waals surface area contributed by atoms with Gasteiger partial charge in [-0.2, -0.15) is 5.10 Å². The van der Waals surface area contributed by atoms with E-state index >= 15 is 0 Å². The molecule has 24 heavy (non-hydrogen) atoms. The lowest BCUT2D eigenvalue weighted by atomic mass is 10.1. The number of aliphatic carboxylic acids is 1. The van der Waals surface area contributed by atoms with E-state index in [9.17, 15) is 9.18 Å². The molecule has 5 heteroatoms. The summed E-state index contributed by atoms with van der Waals surface area (Å²) in [5, 5.41) is 13.2. The Kier molecular flexibility index (Phi) is 4.52. The summed E-state index contributed by atoms with van der Waals surface area (Å²) in [5.41, 5.74) is 3.25. The first-order valence-electron chi connectivity index (χ1n) is 7.40. The van der Waals surface area contributed by atoms with Crippen LogP contribution in [0.1, 0.15) is 11.1 Å². The smallest absolute Gasteiger partial charge is 0.328 e. The summed E-state index contributed by atoms with van der Waals surface area (Å²) >= 11 is 0. The van der Waals surface area contributed by atoms with Crippen LogP contribution in [0.5, 0.6) is 0 Å². The van der Waals surface area contributed by atoms with Crippen LogP contribution in [0.25, 0.3) is 17.3 Å². The molecular weight excluding hydrogens is 307 g/mol. The third-order valence-electron chi connectivity index (χ3n) is 3.57. The first-order chi connectivity index (χ1) is 11.6. The van der Waals surface area contributed by atoms with Gasteiger partial charge in [0.15, 0.2) is 0 Å². The number of aromatic nitrogens is 2. The van der Waals surface area contributed by atoms with E-state index in [0.717, 1.165) is 22.9 Å². The number of halogens is 1. The van der Waals surface area contributed by atoms with Crippen molar-refractivity contribution in [2.45, 2.75) is 6.54 Å². The molecule has 0 fully saturated rings. The van der Waals surface area contributed by atoms with Gasteiger partial charge in [-0.1, -0.05) is 30.3 Å². The molecule has 3 aromatic rings. The summed E-state index contributed by atoms with van der Waals surface area (Å²) in [5.74, 6) is -1.36. The van der Waals surface area contributed by atoms with Crippen molar-refractivity contribution in [2.75, 3.05) is 0 Å². The number of hydrogen-bond donors (Lipinski definition) is 1. The van der Waals surface area contributed by atoms with Gasteiger partial charge in [0.1, 0.15) is 5.82 Å². The zero-order chi connectivity index (χ0) is 16.9. The van der Waals surface area contributed by atoms with E-state index in [0.29, 0.717) is 12.1 Å². The van der Waals surface area contributed by atoms with Crippen LogP contribution < -0.4 is 0 Å². The van der Waals surface area contributed by atoms with E-state index in [4.69, 9.17) is 5.11 Å². The second-order valence-electron chi connectivity index (χ2n) is 5.27. The lowest BCUT2D eigenvalue weighted by Crippen LogP contribution is -2.04. The van der Waals surface area contributed by atoms with Gasteiger partial charge in [0, 0.05) is 17.2 Å². The van der Waals surface area contributed by atoms with E-state index in [1.807, 2.05) is 30.3 Å². The SMILES string of the molecule is O=C(O)C=Cc1cnn(Cc2ccccc2)c1-c1ccc(F)cc1. The van der Waals surface area contributed by atoms with Gasteiger partial charge in [-0.25, -0.2) is 9.18 Å². The van der Waals surface area contributed by atoms with E-state index in [1.54, 1.807) is 23.0 Å². The monoisotopic (exact) mass is 322 g/mol. The van der Waals surface area contributed by atoms with Crippen LogP contribution in [-0.4, -0.2) is 20.9 Å². The molecule has 0 saturated carbocycles. The predicted molar refractivity (Wildman–Crippen MR) is 89.8 cm³/mol. The highest BCUT2D eigenvalue weighted by molar-refractivity contribution is 5.87. The summed E-state index contributed by atoms with van der Waals surface area (Å²) < 4.78 is 15.0. The Hall–Kier alpha value is -3.21. The Labute approximate surface area is 138 Å². The average molecular weight is 322 g/mol. The molecule has 3 rings (SSSR count). The van der Waals surface area contributed by atoms with Gasteiger partial charge >= 0.3 is 5.97 Å². The topological polar surface area (TPSA) is 55.1 Å². The molecule has 2 aromatic carbocycles. The van der Waals surface area contributed by atoms with E-state index < -0.39 is 5.97 Å². The van der Waals surface area contributed by atoms with E-state index in [-0.39, 0.29) is 5.82 Å². The quantitative estimate of drug-likeness (QED) is 0.726. The lowest BCUT2D eigenvalue weighted by molar-refractivity contribution is -0.131. The number of hydrogen-bond acceptors (Lipinski definition) is 2. The van der Waals surface area contributed by atoms with Gasteiger partial charge in [-0.15, -0.1) is 0 Å². The Morgan fingerprint density at radius 3 is 2.50 bits per heavy atom. The summed E-state index contributed by atoms with van der Waals surface area (Å²) in [4.78, 5) is 10.8. The van der Waals surface area contributed by atoms with Crippen LogP contribution >= 0.6 is 0 Å². The van der Waals surface area contributed by atoms with Crippen LogP contribution in [0.4, 0.5) is 4.39 Å². The van der Waals surface area contributed by atoms with Crippen molar-refractivity contribution in [3.05, 3.63) is 83.8 Å². The van der Waals surface area contributed by atoms with E-state index in [1.165, 1.54) is 18.2 Å². The van der Waals surface area contributed by atoms with E-state index in [2.05, 4.69) is 5.10 Å². The van der Waals surface area contributed by atoms with Crippen LogP contribution in [0.15, 0.2) is 66.9 Å². The Morgan fingerprint density at radius 1 is 1.12 bits per heavy atom. The van der Waals surface area contributed by atoms with Crippen LogP contribution in [0.3, 0.4) is 0 Å². The van der Waals surface area contributed by atoms with Crippen molar-refractivity contribution < 1.29 is 14.3 Å². The van der Waals surface area contributed by atoms with Crippen LogP contribution in [0.2, 0.25) is 0 Å². The average Bonchev–Trinajstić information content (AvgIpc) is 2.97. The van der Waals surface area contributed by atoms with Crippen molar-refractivity contribution in [2.24, 2.45) is 0 Å². The minimum absolute atomic E-state index is 0.324. The largest absolute Gasteiger partial charge is 0.478 e. The fourth-order valence-corrected chi connectivity index (χ4v) is 2.48. The van der Waals surface area contributed by atoms with Crippen molar-refractivity contribution in [3.63, 3.8) is 0 Å². The highest BCUT2D eigenvalue weighted by Crippen LogP contribution is 2.26. The Bertz CT molecular complexity index is 868. The number of carboxylic acids is 1. The highest BCUT2D eigenvalue weighted by atomic mass is 19.1. The lowest BCUT2D eigenvalue weighted by Gasteiger charge is -2.09. The van der Waals surface area contributed by atoms with Crippen LogP contribution in [-0.2, 0) is 11.3 Å². The third-order valence-corrected chi connectivity index (χ3v) is 3.57. The second kappa shape index (κ2) is 6.91. The third kappa shape index (κ3) is 3.57. The molecule has 0 saturated heterocycles. The number of rotatable bonds is 5. The van der Waals surface area contributed by atoms with Crippen molar-refractivity contribution in [3.8, 4) is 11.3 Å². The molecule has 4 nitrogen and oxygen atoms in total. The summed E-state index contributed by atoms with van der Waals surface area (Å²) in [6, 6.07) is 15.9. The van der Waals surface area contributed by atoms with Gasteiger partial charge < -0.3 is 5.11 Å². The molecule has 0 aliphatic carbocycles. The molecule has 1 aromatic heterocycles. The molecule has 0 unspecified atom stereocenters. The molecule has 0 radical (unpaired) electrons. The number of benzene rings is 2. The molecule has 1 N–H and O–H groups in total. The van der Waals surface area contributed by atoms with Crippen LogP contribution in [0, 0.1) is 5.82 Å². The van der Waals surface area contributed by atoms with Gasteiger partial charge in [0.05, 0.1) is 18.4 Å². The molecule has 120 valence electrons. The second-order valence-corrected chi connectivity index (χ2v) is 5.27. The van der Waals surface area contributed by atoms with Crippen molar-refractivity contribution in [1.29, 1.82) is 0 Å². The standard InChI is InChI=1S/C19H15FN2O2/c20-17-9-6-15(7-10-17)19-16(8-11-18(23)24)12-21-22(19)13-14-4-2-1-3-5-14/h1-12H,13H2,(H,23,24). The normalized spacial score (nSPS) is 11.0. The summed E-state index contributed by atoms with van der Waals surface area (Å²) in [7, 11) is 0. The Balaban J connectivity index is 2.05. The van der Waals surface area contributed by atoms with Crippen molar-refractivity contribution >= 4 is 12.0 Å². The molecular formula is C19H15FN2O2. The molecule has 0 amide bonds. The molecule has 0 bridgehead atoms. The molecule has 1 heterocycles. The first kappa shape index (κ1) is 15.7.